The number of nitrogens with zero attached hydrogens (tertiary/aromatic N) is 3. The zero-order valence-electron chi connectivity index (χ0n) is 19.2. The Morgan fingerprint density at radius 1 is 1.11 bits per heavy atom. The maximum Gasteiger partial charge on any atom is 0.392 e. The van der Waals surface area contributed by atoms with Crippen molar-refractivity contribution in [3.63, 3.8) is 0 Å². The van der Waals surface area contributed by atoms with Crippen molar-refractivity contribution in [1.82, 2.24) is 15.0 Å². The molecule has 2 aromatic carbocycles. The third-order valence-corrected chi connectivity index (χ3v) is 6.79. The average molecular weight is 521 g/mol. The molecule has 11 heteroatoms. The molecule has 36 heavy (non-hydrogen) atoms. The summed E-state index contributed by atoms with van der Waals surface area (Å²) in [7, 11) is 0. The van der Waals surface area contributed by atoms with E-state index < -0.39 is 29.9 Å². The quantitative estimate of drug-likeness (QED) is 0.371. The summed E-state index contributed by atoms with van der Waals surface area (Å²) in [6.07, 6.45) is 0.0320. The first-order chi connectivity index (χ1) is 17.0. The van der Waals surface area contributed by atoms with Crippen LogP contribution in [0, 0.1) is 11.8 Å². The molecule has 1 aromatic heterocycles. The zero-order valence-corrected chi connectivity index (χ0v) is 20.0. The van der Waals surface area contributed by atoms with Crippen molar-refractivity contribution in [1.29, 1.82) is 0 Å². The maximum atomic E-state index is 13.8. The number of carboxylic acid groups (broad SMARTS) is 1. The first-order valence-corrected chi connectivity index (χ1v) is 11.8. The van der Waals surface area contributed by atoms with Crippen molar-refractivity contribution >= 4 is 29.2 Å². The highest BCUT2D eigenvalue weighted by molar-refractivity contribution is 6.33. The van der Waals surface area contributed by atoms with Crippen LogP contribution in [0.3, 0.4) is 0 Å². The van der Waals surface area contributed by atoms with Crippen molar-refractivity contribution in [3.05, 3.63) is 71.0 Å². The summed E-state index contributed by atoms with van der Waals surface area (Å²) in [5, 5.41) is 20.0. The topological polar surface area (TPSA) is 97.1 Å². The van der Waals surface area contributed by atoms with Crippen molar-refractivity contribution in [3.8, 4) is 5.69 Å². The number of carbonyl (C=O) groups excluding carboxylic acids is 1. The number of amides is 1. The number of aliphatic carboxylic acids is 1. The van der Waals surface area contributed by atoms with Gasteiger partial charge in [-0.3, -0.25) is 9.59 Å². The lowest BCUT2D eigenvalue weighted by Crippen LogP contribution is -2.34. The Kier molecular flexibility index (Phi) is 7.35. The number of anilines is 1. The number of carbonyl (C=O) groups is 2. The molecule has 1 aliphatic rings. The minimum Gasteiger partial charge on any atom is -0.481 e. The summed E-state index contributed by atoms with van der Waals surface area (Å²) >= 11 is 6.27. The molecule has 1 aliphatic carbocycles. The molecule has 7 nitrogen and oxygen atoms in total. The lowest BCUT2D eigenvalue weighted by atomic mass is 9.85. The first-order valence-electron chi connectivity index (χ1n) is 11.4. The molecule has 3 aromatic rings. The van der Waals surface area contributed by atoms with E-state index in [4.69, 9.17) is 11.6 Å². The second kappa shape index (κ2) is 10.3. The van der Waals surface area contributed by atoms with Gasteiger partial charge in [-0.2, -0.15) is 28.2 Å². The molecular formula is C25H24ClF3N4O3. The SMILES string of the molecule is CC(C(C(=O)Nc1cc(C(CC(=O)O)C2CC2)ccc1Cl)c1ccc(-n2nccn2)cc1)C(F)(F)F. The molecule has 0 saturated heterocycles. The van der Waals surface area contributed by atoms with Gasteiger partial charge in [0.05, 0.1) is 47.0 Å². The minimum atomic E-state index is -4.63. The summed E-state index contributed by atoms with van der Waals surface area (Å²) in [5.41, 5.74) is 1.52. The molecular weight excluding hydrogens is 497 g/mol. The standard InChI is InChI=1S/C25H24ClF3N4O3/c1-14(25(27,28)29)23(16-4-7-18(8-5-16)33-30-10-11-31-33)24(36)32-21-12-17(6-9-20(21)26)19(13-22(34)35)15-2-3-15/h4-12,14-15,19,23H,2-3,13H2,1H3,(H,32,36)(H,34,35). The first kappa shape index (κ1) is 25.7. The van der Waals surface area contributed by atoms with E-state index >= 15 is 0 Å². The molecule has 0 radical (unpaired) electrons. The predicted molar refractivity (Wildman–Crippen MR) is 127 cm³/mol. The molecule has 1 saturated carbocycles. The molecule has 1 fully saturated rings. The number of benzene rings is 2. The molecule has 0 bridgehead atoms. The summed E-state index contributed by atoms with van der Waals surface area (Å²) in [4.78, 5) is 25.9. The number of hydrogen-bond acceptors (Lipinski definition) is 4. The summed E-state index contributed by atoms with van der Waals surface area (Å²) in [5.74, 6) is -5.40. The van der Waals surface area contributed by atoms with Crippen LogP contribution in [0.25, 0.3) is 5.69 Å². The summed E-state index contributed by atoms with van der Waals surface area (Å²) in [6, 6.07) is 10.8. The normalized spacial score (nSPS) is 16.2. The molecule has 1 heterocycles. The number of aromatic nitrogens is 3. The predicted octanol–water partition coefficient (Wildman–Crippen LogP) is 5.81. The van der Waals surface area contributed by atoms with Crippen LogP contribution in [-0.2, 0) is 9.59 Å². The Hall–Kier alpha value is -3.40. The van der Waals surface area contributed by atoms with Gasteiger partial charge in [-0.1, -0.05) is 36.7 Å². The van der Waals surface area contributed by atoms with E-state index in [1.54, 1.807) is 24.3 Å². The fraction of sp³-hybridized carbons (Fsp3) is 0.360. The monoisotopic (exact) mass is 520 g/mol. The lowest BCUT2D eigenvalue weighted by Gasteiger charge is -2.26. The molecule has 190 valence electrons. The second-order valence-electron chi connectivity index (χ2n) is 8.99. The Morgan fingerprint density at radius 2 is 1.72 bits per heavy atom. The molecule has 1 amide bonds. The number of nitrogens with one attached hydrogen (secondary N) is 1. The fourth-order valence-electron chi connectivity index (χ4n) is 4.34. The van der Waals surface area contributed by atoms with Gasteiger partial charge >= 0.3 is 12.1 Å². The molecule has 3 unspecified atom stereocenters. The lowest BCUT2D eigenvalue weighted by molar-refractivity contribution is -0.178. The van der Waals surface area contributed by atoms with Gasteiger partial charge in [0.2, 0.25) is 5.91 Å². The highest BCUT2D eigenvalue weighted by Gasteiger charge is 2.45. The Balaban J connectivity index is 1.63. The second-order valence-corrected chi connectivity index (χ2v) is 9.40. The fourth-order valence-corrected chi connectivity index (χ4v) is 4.51. The van der Waals surface area contributed by atoms with Gasteiger partial charge < -0.3 is 10.4 Å². The Labute approximate surface area is 210 Å². The van der Waals surface area contributed by atoms with Crippen molar-refractivity contribution < 1.29 is 27.9 Å². The molecule has 0 spiro atoms. The summed E-state index contributed by atoms with van der Waals surface area (Å²) < 4.78 is 41.3. The number of carboxylic acids is 1. The summed E-state index contributed by atoms with van der Waals surface area (Å²) in [6.45, 7) is 0.960. The van der Waals surface area contributed by atoms with Gasteiger partial charge in [-0.05, 0) is 60.1 Å². The van der Waals surface area contributed by atoms with E-state index in [1.165, 1.54) is 35.4 Å². The van der Waals surface area contributed by atoms with Crippen LogP contribution in [-0.4, -0.2) is 38.2 Å². The highest BCUT2D eigenvalue weighted by atomic mass is 35.5. The van der Waals surface area contributed by atoms with E-state index in [-0.39, 0.29) is 34.5 Å². The Morgan fingerprint density at radius 3 is 2.28 bits per heavy atom. The van der Waals surface area contributed by atoms with Crippen LogP contribution in [0.15, 0.2) is 54.9 Å². The third kappa shape index (κ3) is 5.87. The van der Waals surface area contributed by atoms with Crippen LogP contribution in [0.2, 0.25) is 5.02 Å². The zero-order chi connectivity index (χ0) is 26.0. The van der Waals surface area contributed by atoms with Gasteiger partial charge in [-0.15, -0.1) is 0 Å². The minimum absolute atomic E-state index is 0.0785. The van der Waals surface area contributed by atoms with Crippen LogP contribution < -0.4 is 5.32 Å². The van der Waals surface area contributed by atoms with Gasteiger partial charge in [0.15, 0.2) is 0 Å². The number of halogens is 4. The van der Waals surface area contributed by atoms with Crippen LogP contribution in [0.4, 0.5) is 18.9 Å². The van der Waals surface area contributed by atoms with Gasteiger partial charge in [0.25, 0.3) is 0 Å². The van der Waals surface area contributed by atoms with Gasteiger partial charge in [-0.25, -0.2) is 0 Å². The van der Waals surface area contributed by atoms with Gasteiger partial charge in [0, 0.05) is 0 Å². The highest BCUT2D eigenvalue weighted by Crippen LogP contribution is 2.46. The molecule has 3 atom stereocenters. The molecule has 0 aliphatic heterocycles. The van der Waals surface area contributed by atoms with E-state index in [1.807, 2.05) is 0 Å². The maximum absolute atomic E-state index is 13.8. The number of rotatable bonds is 9. The largest absolute Gasteiger partial charge is 0.481 e. The third-order valence-electron chi connectivity index (χ3n) is 6.46. The van der Waals surface area contributed by atoms with Crippen LogP contribution in [0.5, 0.6) is 0 Å². The van der Waals surface area contributed by atoms with Crippen LogP contribution >= 0.6 is 11.6 Å². The van der Waals surface area contributed by atoms with Crippen molar-refractivity contribution in [2.45, 2.75) is 44.2 Å². The van der Waals surface area contributed by atoms with E-state index in [9.17, 15) is 27.9 Å². The molecule has 2 N–H and O–H groups in total. The smallest absolute Gasteiger partial charge is 0.392 e. The average Bonchev–Trinajstić information content (AvgIpc) is 3.51. The Bertz CT molecular complexity index is 1230. The number of hydrogen-bond donors (Lipinski definition) is 2. The van der Waals surface area contributed by atoms with E-state index in [0.717, 1.165) is 19.8 Å². The van der Waals surface area contributed by atoms with Gasteiger partial charge in [0.1, 0.15) is 0 Å². The van der Waals surface area contributed by atoms with Crippen molar-refractivity contribution in [2.24, 2.45) is 11.8 Å². The van der Waals surface area contributed by atoms with Crippen LogP contribution in [0.1, 0.15) is 49.1 Å². The number of alkyl halides is 3. The van der Waals surface area contributed by atoms with E-state index in [2.05, 4.69) is 15.5 Å². The van der Waals surface area contributed by atoms with E-state index in [0.29, 0.717) is 11.3 Å². The molecule has 4 rings (SSSR count). The van der Waals surface area contributed by atoms with Crippen molar-refractivity contribution in [2.75, 3.05) is 5.32 Å².